The normalized spacial score (nSPS) is 22.3. The summed E-state index contributed by atoms with van der Waals surface area (Å²) >= 11 is 0. The van der Waals surface area contributed by atoms with Gasteiger partial charge in [0.2, 0.25) is 5.91 Å². The molecule has 0 unspecified atom stereocenters. The Morgan fingerprint density at radius 2 is 1.81 bits per heavy atom. The van der Waals surface area contributed by atoms with Gasteiger partial charge in [-0.1, -0.05) is 6.42 Å². The standard InChI is InChI=1S/C23H27FN2O4S/c1-2-30-20-9-11-21(12-10-20)31(28,29)26(19-7-5-18(24)6-8-19)15-23(27)25-22-14-16-3-4-17(22)13-16/h5-12,16-17,22H,2-4,13-15H2,1H3,(H,25,27)/t16-,17-,22-/m1/s1. The van der Waals surface area contributed by atoms with E-state index in [2.05, 4.69) is 5.32 Å². The molecule has 166 valence electrons. The Morgan fingerprint density at radius 1 is 1.10 bits per heavy atom. The second-order valence-corrected chi connectivity index (χ2v) is 10.1. The number of nitrogens with one attached hydrogen (secondary N) is 1. The lowest BCUT2D eigenvalue weighted by Gasteiger charge is -2.27. The van der Waals surface area contributed by atoms with Crippen molar-refractivity contribution < 1.29 is 22.3 Å². The topological polar surface area (TPSA) is 75.7 Å². The highest BCUT2D eigenvalue weighted by Crippen LogP contribution is 2.44. The van der Waals surface area contributed by atoms with Crippen LogP contribution in [0.5, 0.6) is 5.75 Å². The minimum atomic E-state index is -4.04. The Hall–Kier alpha value is -2.61. The summed E-state index contributed by atoms with van der Waals surface area (Å²) < 4.78 is 46.7. The highest BCUT2D eigenvalue weighted by Gasteiger charge is 2.40. The predicted molar refractivity (Wildman–Crippen MR) is 116 cm³/mol. The summed E-state index contributed by atoms with van der Waals surface area (Å²) in [6, 6.07) is 11.3. The first kappa shape index (κ1) is 21.6. The number of nitrogens with zero attached hydrogens (tertiary/aromatic N) is 1. The van der Waals surface area contributed by atoms with Crippen molar-refractivity contribution in [3.05, 3.63) is 54.3 Å². The summed E-state index contributed by atoms with van der Waals surface area (Å²) in [6.07, 6.45) is 4.42. The third-order valence-electron chi connectivity index (χ3n) is 6.21. The van der Waals surface area contributed by atoms with Gasteiger partial charge in [0.1, 0.15) is 18.1 Å². The summed E-state index contributed by atoms with van der Waals surface area (Å²) in [7, 11) is -4.04. The number of sulfonamides is 1. The number of halogens is 1. The Kier molecular flexibility index (Phi) is 6.18. The zero-order chi connectivity index (χ0) is 22.0. The lowest BCUT2D eigenvalue weighted by Crippen LogP contribution is -2.46. The second kappa shape index (κ2) is 8.86. The molecule has 0 heterocycles. The van der Waals surface area contributed by atoms with Crippen molar-refractivity contribution in [2.45, 2.75) is 43.5 Å². The first-order valence-corrected chi connectivity index (χ1v) is 12.1. The van der Waals surface area contributed by atoms with Gasteiger partial charge in [-0.25, -0.2) is 12.8 Å². The maximum atomic E-state index is 13.4. The summed E-state index contributed by atoms with van der Waals surface area (Å²) in [5.74, 6) is 0.876. The highest BCUT2D eigenvalue weighted by molar-refractivity contribution is 7.92. The van der Waals surface area contributed by atoms with Crippen LogP contribution in [0.2, 0.25) is 0 Å². The van der Waals surface area contributed by atoms with Crippen molar-refractivity contribution in [3.63, 3.8) is 0 Å². The van der Waals surface area contributed by atoms with Crippen LogP contribution in [0.25, 0.3) is 0 Å². The van der Waals surface area contributed by atoms with Gasteiger partial charge in [0.15, 0.2) is 0 Å². The summed E-state index contributed by atoms with van der Waals surface area (Å²) in [6.45, 7) is 1.95. The SMILES string of the molecule is CCOc1ccc(S(=O)(=O)N(CC(=O)N[C@@H]2C[C@@H]3CC[C@@H]2C3)c2ccc(F)cc2)cc1. The predicted octanol–water partition coefficient (Wildman–Crippen LogP) is 3.72. The van der Waals surface area contributed by atoms with Crippen molar-refractivity contribution in [1.82, 2.24) is 5.32 Å². The molecule has 31 heavy (non-hydrogen) atoms. The minimum absolute atomic E-state index is 0.0352. The van der Waals surface area contributed by atoms with Gasteiger partial charge in [-0.15, -0.1) is 0 Å². The largest absolute Gasteiger partial charge is 0.494 e. The Balaban J connectivity index is 1.57. The molecule has 1 N–H and O–H groups in total. The molecular formula is C23H27FN2O4S. The van der Waals surface area contributed by atoms with Crippen LogP contribution < -0.4 is 14.4 Å². The fourth-order valence-corrected chi connectivity index (χ4v) is 6.15. The first-order valence-electron chi connectivity index (χ1n) is 10.7. The number of hydrogen-bond donors (Lipinski definition) is 1. The van der Waals surface area contributed by atoms with Gasteiger partial charge >= 0.3 is 0 Å². The van der Waals surface area contributed by atoms with E-state index in [4.69, 9.17) is 4.74 Å². The molecule has 0 aliphatic heterocycles. The number of fused-ring (bicyclic) bond motifs is 2. The van der Waals surface area contributed by atoms with Gasteiger partial charge in [0.05, 0.1) is 17.2 Å². The molecule has 2 aromatic carbocycles. The van der Waals surface area contributed by atoms with Crippen LogP contribution in [0.3, 0.4) is 0 Å². The van der Waals surface area contributed by atoms with E-state index in [1.165, 1.54) is 42.8 Å². The molecule has 2 fully saturated rings. The molecule has 8 heteroatoms. The molecule has 6 nitrogen and oxygen atoms in total. The minimum Gasteiger partial charge on any atom is -0.494 e. The fraction of sp³-hybridized carbons (Fsp3) is 0.435. The summed E-state index contributed by atoms with van der Waals surface area (Å²) in [5.41, 5.74) is 0.235. The van der Waals surface area contributed by atoms with Gasteiger partial charge in [-0.3, -0.25) is 9.10 Å². The van der Waals surface area contributed by atoms with E-state index in [9.17, 15) is 17.6 Å². The molecular weight excluding hydrogens is 419 g/mol. The highest BCUT2D eigenvalue weighted by atomic mass is 32.2. The molecule has 0 saturated heterocycles. The first-order chi connectivity index (χ1) is 14.9. The van der Waals surface area contributed by atoms with Gasteiger partial charge in [-0.2, -0.15) is 0 Å². The smallest absolute Gasteiger partial charge is 0.264 e. The van der Waals surface area contributed by atoms with Crippen molar-refractivity contribution in [1.29, 1.82) is 0 Å². The monoisotopic (exact) mass is 446 g/mol. The van der Waals surface area contributed by atoms with Crippen molar-refractivity contribution in [2.24, 2.45) is 11.8 Å². The van der Waals surface area contributed by atoms with Gasteiger partial charge in [0, 0.05) is 6.04 Å². The van der Waals surface area contributed by atoms with E-state index in [1.54, 1.807) is 12.1 Å². The molecule has 4 rings (SSSR count). The second-order valence-electron chi connectivity index (χ2n) is 8.24. The number of benzene rings is 2. The zero-order valence-corrected chi connectivity index (χ0v) is 18.3. The third-order valence-corrected chi connectivity index (χ3v) is 8.00. The van der Waals surface area contributed by atoms with Crippen molar-refractivity contribution >= 4 is 21.6 Å². The van der Waals surface area contributed by atoms with Crippen molar-refractivity contribution in [3.8, 4) is 5.75 Å². The van der Waals surface area contributed by atoms with E-state index in [-0.39, 0.29) is 29.1 Å². The Bertz CT molecular complexity index is 1020. The number of carbonyl (C=O) groups is 1. The molecule has 3 atom stereocenters. The molecule has 2 bridgehead atoms. The van der Waals surface area contributed by atoms with Gasteiger partial charge < -0.3 is 10.1 Å². The van der Waals surface area contributed by atoms with E-state index in [0.717, 1.165) is 23.6 Å². The van der Waals surface area contributed by atoms with Crippen LogP contribution in [0.4, 0.5) is 10.1 Å². The number of hydrogen-bond acceptors (Lipinski definition) is 4. The van der Waals surface area contributed by atoms with E-state index < -0.39 is 15.8 Å². The lowest BCUT2D eigenvalue weighted by atomic mass is 9.95. The molecule has 1 amide bonds. The maximum Gasteiger partial charge on any atom is 0.264 e. The van der Waals surface area contributed by atoms with E-state index >= 15 is 0 Å². The Labute approximate surface area is 182 Å². The molecule has 0 radical (unpaired) electrons. The lowest BCUT2D eigenvalue weighted by molar-refractivity contribution is -0.120. The number of carbonyl (C=O) groups excluding carboxylic acids is 1. The summed E-state index contributed by atoms with van der Waals surface area (Å²) in [5, 5.41) is 3.03. The fourth-order valence-electron chi connectivity index (χ4n) is 4.73. The van der Waals surface area contributed by atoms with Crippen LogP contribution in [-0.4, -0.2) is 33.5 Å². The van der Waals surface area contributed by atoms with Crippen LogP contribution in [0, 0.1) is 17.7 Å². The molecule has 0 spiro atoms. The van der Waals surface area contributed by atoms with Crippen LogP contribution in [-0.2, 0) is 14.8 Å². The maximum absolute atomic E-state index is 13.4. The van der Waals surface area contributed by atoms with Gasteiger partial charge in [0.25, 0.3) is 10.0 Å². The van der Waals surface area contributed by atoms with E-state index in [1.807, 2.05) is 6.92 Å². The molecule has 0 aromatic heterocycles. The van der Waals surface area contributed by atoms with Crippen LogP contribution in [0.15, 0.2) is 53.4 Å². The quantitative estimate of drug-likeness (QED) is 0.671. The summed E-state index contributed by atoms with van der Waals surface area (Å²) in [4.78, 5) is 12.9. The molecule has 2 aliphatic rings. The van der Waals surface area contributed by atoms with Gasteiger partial charge in [-0.05, 0) is 86.6 Å². The van der Waals surface area contributed by atoms with E-state index in [0.29, 0.717) is 24.2 Å². The number of amides is 1. The molecule has 2 saturated carbocycles. The molecule has 2 aliphatic carbocycles. The molecule has 2 aromatic rings. The van der Waals surface area contributed by atoms with Crippen LogP contribution in [0.1, 0.15) is 32.6 Å². The Morgan fingerprint density at radius 3 is 2.39 bits per heavy atom. The number of rotatable bonds is 8. The van der Waals surface area contributed by atoms with Crippen LogP contribution >= 0.6 is 0 Å². The third kappa shape index (κ3) is 4.69. The average molecular weight is 447 g/mol. The average Bonchev–Trinajstić information content (AvgIpc) is 3.37. The zero-order valence-electron chi connectivity index (χ0n) is 17.5. The number of anilines is 1. The van der Waals surface area contributed by atoms with Crippen molar-refractivity contribution in [2.75, 3.05) is 17.5 Å². The number of ether oxygens (including phenoxy) is 1.